The molecule has 2 nitrogen and oxygen atoms in total. The van der Waals surface area contributed by atoms with Crippen LogP contribution in [0, 0.1) is 6.92 Å². The smallest absolute Gasteiger partial charge is 0.0751 e. The van der Waals surface area contributed by atoms with E-state index in [0.717, 1.165) is 11.2 Å². The molecule has 1 aromatic carbocycles. The molecular weight excluding hydrogens is 184 g/mol. The number of anilines is 1. The number of hydrogen-bond donors (Lipinski definition) is 1. The number of benzene rings is 1. The van der Waals surface area contributed by atoms with Crippen molar-refractivity contribution in [2.75, 3.05) is 12.4 Å². The highest BCUT2D eigenvalue weighted by Crippen LogP contribution is 2.23. The van der Waals surface area contributed by atoms with Crippen molar-refractivity contribution in [3.05, 3.63) is 36.0 Å². The van der Waals surface area contributed by atoms with E-state index in [0.29, 0.717) is 0 Å². The molecule has 0 atom stereocenters. The molecule has 0 bridgehead atoms. The first kappa shape index (κ1) is 11.5. The van der Waals surface area contributed by atoms with Gasteiger partial charge in [-0.2, -0.15) is 0 Å². The third-order valence-corrected chi connectivity index (χ3v) is 2.24. The summed E-state index contributed by atoms with van der Waals surface area (Å²) in [7, 11) is 1.93. The van der Waals surface area contributed by atoms with Gasteiger partial charge in [-0.3, -0.25) is 4.98 Å². The van der Waals surface area contributed by atoms with Crippen LogP contribution in [0.1, 0.15) is 19.4 Å². The molecule has 2 rings (SSSR count). The Morgan fingerprint density at radius 1 is 1.13 bits per heavy atom. The minimum Gasteiger partial charge on any atom is -0.388 e. The van der Waals surface area contributed by atoms with Crippen molar-refractivity contribution >= 4 is 16.6 Å². The Kier molecular flexibility index (Phi) is 4.10. The first-order valence-corrected chi connectivity index (χ1v) is 5.35. The summed E-state index contributed by atoms with van der Waals surface area (Å²) in [5.41, 5.74) is 3.43. The van der Waals surface area contributed by atoms with Crippen molar-refractivity contribution in [2.45, 2.75) is 20.8 Å². The zero-order valence-corrected chi connectivity index (χ0v) is 9.83. The van der Waals surface area contributed by atoms with E-state index >= 15 is 0 Å². The molecule has 80 valence electrons. The number of hydrogen-bond acceptors (Lipinski definition) is 2. The van der Waals surface area contributed by atoms with Crippen LogP contribution < -0.4 is 5.32 Å². The molecule has 0 fully saturated rings. The van der Waals surface area contributed by atoms with E-state index in [1.807, 2.05) is 33.2 Å². The summed E-state index contributed by atoms with van der Waals surface area (Å²) in [4.78, 5) is 4.35. The lowest BCUT2D eigenvalue weighted by Gasteiger charge is -2.06. The predicted molar refractivity (Wildman–Crippen MR) is 67.4 cm³/mol. The molecule has 0 radical (unpaired) electrons. The summed E-state index contributed by atoms with van der Waals surface area (Å²) in [6, 6.07) is 8.21. The van der Waals surface area contributed by atoms with Crippen LogP contribution in [-0.4, -0.2) is 12.0 Å². The zero-order chi connectivity index (χ0) is 11.3. The maximum atomic E-state index is 4.35. The molecule has 2 heteroatoms. The van der Waals surface area contributed by atoms with Gasteiger partial charge in [-0.25, -0.2) is 0 Å². The van der Waals surface area contributed by atoms with Crippen LogP contribution in [0.3, 0.4) is 0 Å². The standard InChI is InChI=1S/C11H12N2.C2H6/c1-8-5-6-10(12-2)9-4-3-7-13-11(8)9;1-2/h3-7,12H,1-2H3;1-2H3. The number of nitrogens with one attached hydrogen (secondary N) is 1. The Bertz CT molecular complexity index is 435. The second-order valence-corrected chi connectivity index (χ2v) is 3.08. The molecule has 0 saturated carbocycles. The Morgan fingerprint density at radius 3 is 2.53 bits per heavy atom. The van der Waals surface area contributed by atoms with Gasteiger partial charge >= 0.3 is 0 Å². The predicted octanol–water partition coefficient (Wildman–Crippen LogP) is 3.61. The molecule has 0 amide bonds. The van der Waals surface area contributed by atoms with Crippen LogP contribution in [0.25, 0.3) is 10.9 Å². The molecule has 0 aliphatic rings. The van der Waals surface area contributed by atoms with Gasteiger partial charge in [-0.1, -0.05) is 19.9 Å². The van der Waals surface area contributed by atoms with Crippen molar-refractivity contribution in [3.63, 3.8) is 0 Å². The molecule has 0 saturated heterocycles. The number of nitrogens with zero attached hydrogens (tertiary/aromatic N) is 1. The van der Waals surface area contributed by atoms with E-state index in [4.69, 9.17) is 0 Å². The second-order valence-electron chi connectivity index (χ2n) is 3.08. The van der Waals surface area contributed by atoms with E-state index in [1.54, 1.807) is 0 Å². The number of rotatable bonds is 1. The highest BCUT2D eigenvalue weighted by Gasteiger charge is 2.01. The molecule has 1 N–H and O–H groups in total. The summed E-state index contributed by atoms with van der Waals surface area (Å²) in [6.45, 7) is 6.08. The third kappa shape index (κ3) is 2.27. The molecule has 0 unspecified atom stereocenters. The number of fused-ring (bicyclic) bond motifs is 1. The molecule has 0 spiro atoms. The minimum atomic E-state index is 1.08. The van der Waals surface area contributed by atoms with Gasteiger partial charge in [0.05, 0.1) is 5.52 Å². The largest absolute Gasteiger partial charge is 0.388 e. The van der Waals surface area contributed by atoms with Gasteiger partial charge in [-0.05, 0) is 30.7 Å². The highest BCUT2D eigenvalue weighted by atomic mass is 14.8. The molecule has 1 heterocycles. The van der Waals surface area contributed by atoms with Gasteiger partial charge in [0.25, 0.3) is 0 Å². The lowest BCUT2D eigenvalue weighted by Crippen LogP contribution is -1.91. The average Bonchev–Trinajstić information content (AvgIpc) is 2.33. The fourth-order valence-corrected chi connectivity index (χ4v) is 1.53. The quantitative estimate of drug-likeness (QED) is 0.764. The van der Waals surface area contributed by atoms with Crippen molar-refractivity contribution in [1.82, 2.24) is 4.98 Å². The van der Waals surface area contributed by atoms with Crippen LogP contribution in [0.4, 0.5) is 5.69 Å². The average molecular weight is 202 g/mol. The fourth-order valence-electron chi connectivity index (χ4n) is 1.53. The zero-order valence-electron chi connectivity index (χ0n) is 9.83. The van der Waals surface area contributed by atoms with Gasteiger partial charge in [-0.15, -0.1) is 0 Å². The summed E-state index contributed by atoms with van der Waals surface area (Å²) in [5, 5.41) is 4.34. The van der Waals surface area contributed by atoms with Gasteiger partial charge in [0.1, 0.15) is 0 Å². The monoisotopic (exact) mass is 202 g/mol. The van der Waals surface area contributed by atoms with E-state index in [1.165, 1.54) is 10.9 Å². The summed E-state index contributed by atoms with van der Waals surface area (Å²) >= 11 is 0. The van der Waals surface area contributed by atoms with Crippen LogP contribution in [0.2, 0.25) is 0 Å². The van der Waals surface area contributed by atoms with Crippen LogP contribution in [-0.2, 0) is 0 Å². The van der Waals surface area contributed by atoms with Gasteiger partial charge < -0.3 is 5.32 Å². The maximum Gasteiger partial charge on any atom is 0.0751 e. The normalized spacial score (nSPS) is 9.33. The minimum absolute atomic E-state index is 1.08. The molecular formula is C13H18N2. The topological polar surface area (TPSA) is 24.9 Å². The summed E-state index contributed by atoms with van der Waals surface area (Å²) < 4.78 is 0. The number of aryl methyl sites for hydroxylation is 1. The number of aromatic nitrogens is 1. The lowest BCUT2D eigenvalue weighted by molar-refractivity contribution is 1.36. The van der Waals surface area contributed by atoms with Gasteiger partial charge in [0, 0.05) is 24.3 Å². The molecule has 0 aliphatic carbocycles. The Labute approximate surface area is 91.3 Å². The van der Waals surface area contributed by atoms with Crippen molar-refractivity contribution < 1.29 is 0 Å². The Balaban J connectivity index is 0.000000531. The van der Waals surface area contributed by atoms with Crippen LogP contribution >= 0.6 is 0 Å². The highest BCUT2D eigenvalue weighted by molar-refractivity contribution is 5.93. The fraction of sp³-hybridized carbons (Fsp3) is 0.308. The van der Waals surface area contributed by atoms with E-state index in [-0.39, 0.29) is 0 Å². The van der Waals surface area contributed by atoms with E-state index < -0.39 is 0 Å². The summed E-state index contributed by atoms with van der Waals surface area (Å²) in [6.07, 6.45) is 1.83. The molecule has 15 heavy (non-hydrogen) atoms. The van der Waals surface area contributed by atoms with Crippen LogP contribution in [0.5, 0.6) is 0 Å². The first-order valence-electron chi connectivity index (χ1n) is 5.35. The lowest BCUT2D eigenvalue weighted by atomic mass is 10.1. The Hall–Kier alpha value is -1.57. The summed E-state index contributed by atoms with van der Waals surface area (Å²) in [5.74, 6) is 0. The van der Waals surface area contributed by atoms with Gasteiger partial charge in [0.15, 0.2) is 0 Å². The Morgan fingerprint density at radius 2 is 1.87 bits per heavy atom. The van der Waals surface area contributed by atoms with Crippen LogP contribution in [0.15, 0.2) is 30.5 Å². The van der Waals surface area contributed by atoms with Crippen molar-refractivity contribution in [2.24, 2.45) is 0 Å². The molecule has 1 aromatic heterocycles. The van der Waals surface area contributed by atoms with Crippen molar-refractivity contribution in [1.29, 1.82) is 0 Å². The SMILES string of the molecule is CC.CNc1ccc(C)c2ncccc12. The van der Waals surface area contributed by atoms with Crippen molar-refractivity contribution in [3.8, 4) is 0 Å². The second kappa shape index (κ2) is 5.35. The molecule has 2 aromatic rings. The van der Waals surface area contributed by atoms with E-state index in [2.05, 4.69) is 35.4 Å². The first-order chi connectivity index (χ1) is 7.33. The maximum absolute atomic E-state index is 4.35. The third-order valence-electron chi connectivity index (χ3n) is 2.24. The molecule has 0 aliphatic heterocycles. The van der Waals surface area contributed by atoms with E-state index in [9.17, 15) is 0 Å². The van der Waals surface area contributed by atoms with Gasteiger partial charge in [0.2, 0.25) is 0 Å². The number of pyridine rings is 1.